The van der Waals surface area contributed by atoms with E-state index in [1.54, 1.807) is 0 Å². The van der Waals surface area contributed by atoms with Crippen LogP contribution in [0.15, 0.2) is 109 Å². The molecule has 4 rings (SSSR count). The molecule has 0 spiro atoms. The lowest BCUT2D eigenvalue weighted by atomic mass is 10.0. The molecule has 0 aliphatic rings. The minimum Gasteiger partial charge on any atom is -0.489 e. The first-order valence-corrected chi connectivity index (χ1v) is 9.52. The van der Waals surface area contributed by atoms with Crippen LogP contribution in [0.3, 0.4) is 0 Å². The van der Waals surface area contributed by atoms with Gasteiger partial charge in [-0.3, -0.25) is 0 Å². The average molecular weight is 365 g/mol. The van der Waals surface area contributed by atoms with Crippen molar-refractivity contribution >= 4 is 5.69 Å². The first kappa shape index (κ1) is 17.9. The third-order valence-corrected chi connectivity index (χ3v) is 4.66. The molecule has 0 aromatic heterocycles. The van der Waals surface area contributed by atoms with Crippen molar-refractivity contribution in [3.8, 4) is 16.9 Å². The van der Waals surface area contributed by atoms with Crippen LogP contribution in [0.25, 0.3) is 11.1 Å². The molecule has 2 heteroatoms. The fourth-order valence-corrected chi connectivity index (χ4v) is 3.06. The maximum absolute atomic E-state index is 5.84. The Morgan fingerprint density at radius 2 is 1.14 bits per heavy atom. The topological polar surface area (TPSA) is 21.3 Å². The summed E-state index contributed by atoms with van der Waals surface area (Å²) in [5.74, 6) is 0.876. The van der Waals surface area contributed by atoms with E-state index in [1.165, 1.54) is 22.3 Å². The van der Waals surface area contributed by atoms with Crippen LogP contribution in [0, 0.1) is 0 Å². The minimum absolute atomic E-state index is 0.585. The number of rotatable bonds is 7. The number of ether oxygens (including phenoxy) is 1. The van der Waals surface area contributed by atoms with Gasteiger partial charge in [0.25, 0.3) is 0 Å². The third kappa shape index (κ3) is 4.80. The highest BCUT2D eigenvalue weighted by molar-refractivity contribution is 5.63. The maximum atomic E-state index is 5.84. The van der Waals surface area contributed by atoms with E-state index >= 15 is 0 Å². The molecule has 0 atom stereocenters. The standard InChI is InChI=1S/C26H23NO/c1-3-7-22(8-4-1)20-28-26-17-15-25(16-18-26)27-19-21-11-13-24(14-12-21)23-9-5-2-6-10-23/h1-18,27H,19-20H2. The highest BCUT2D eigenvalue weighted by Crippen LogP contribution is 2.21. The zero-order chi connectivity index (χ0) is 19.0. The third-order valence-electron chi connectivity index (χ3n) is 4.66. The molecule has 0 heterocycles. The van der Waals surface area contributed by atoms with Crippen molar-refractivity contribution in [3.63, 3.8) is 0 Å². The van der Waals surface area contributed by atoms with Crippen LogP contribution < -0.4 is 10.1 Å². The Kier molecular flexibility index (Phi) is 5.69. The number of hydrogen-bond donors (Lipinski definition) is 1. The molecular formula is C26H23NO. The monoisotopic (exact) mass is 365 g/mol. The van der Waals surface area contributed by atoms with Crippen LogP contribution in [0.1, 0.15) is 11.1 Å². The van der Waals surface area contributed by atoms with E-state index in [9.17, 15) is 0 Å². The summed E-state index contributed by atoms with van der Waals surface area (Å²) in [6, 6.07) is 37.5. The molecule has 0 amide bonds. The van der Waals surface area contributed by atoms with Crippen LogP contribution >= 0.6 is 0 Å². The van der Waals surface area contributed by atoms with E-state index in [0.717, 1.165) is 18.0 Å². The summed E-state index contributed by atoms with van der Waals surface area (Å²) in [5.41, 5.74) is 5.99. The van der Waals surface area contributed by atoms with E-state index < -0.39 is 0 Å². The van der Waals surface area contributed by atoms with Crippen molar-refractivity contribution in [3.05, 3.63) is 120 Å². The van der Waals surface area contributed by atoms with Crippen molar-refractivity contribution in [1.29, 1.82) is 0 Å². The van der Waals surface area contributed by atoms with Gasteiger partial charge in [0.15, 0.2) is 0 Å². The van der Waals surface area contributed by atoms with Crippen molar-refractivity contribution in [2.24, 2.45) is 0 Å². The Morgan fingerprint density at radius 3 is 1.82 bits per heavy atom. The van der Waals surface area contributed by atoms with Gasteiger partial charge in [-0.1, -0.05) is 84.9 Å². The second-order valence-electron chi connectivity index (χ2n) is 6.72. The van der Waals surface area contributed by atoms with Gasteiger partial charge in [-0.15, -0.1) is 0 Å². The molecule has 4 aromatic carbocycles. The molecule has 4 aromatic rings. The Bertz CT molecular complexity index is 978. The van der Waals surface area contributed by atoms with E-state index in [1.807, 2.05) is 36.4 Å². The van der Waals surface area contributed by atoms with Crippen LogP contribution in [-0.4, -0.2) is 0 Å². The van der Waals surface area contributed by atoms with Crippen LogP contribution in [-0.2, 0) is 13.2 Å². The van der Waals surface area contributed by atoms with Gasteiger partial charge in [-0.2, -0.15) is 0 Å². The maximum Gasteiger partial charge on any atom is 0.119 e. The fourth-order valence-electron chi connectivity index (χ4n) is 3.06. The summed E-state index contributed by atoms with van der Waals surface area (Å²) in [4.78, 5) is 0. The lowest BCUT2D eigenvalue weighted by Gasteiger charge is -2.10. The normalized spacial score (nSPS) is 10.4. The Morgan fingerprint density at radius 1 is 0.536 bits per heavy atom. The molecule has 0 saturated heterocycles. The highest BCUT2D eigenvalue weighted by atomic mass is 16.5. The highest BCUT2D eigenvalue weighted by Gasteiger charge is 2.00. The quantitative estimate of drug-likeness (QED) is 0.401. The molecule has 1 N–H and O–H groups in total. The van der Waals surface area contributed by atoms with Gasteiger partial charge in [-0.05, 0) is 46.5 Å². The lowest BCUT2D eigenvalue weighted by Crippen LogP contribution is -1.99. The second-order valence-corrected chi connectivity index (χ2v) is 6.72. The van der Waals surface area contributed by atoms with Crippen molar-refractivity contribution in [2.75, 3.05) is 5.32 Å². The van der Waals surface area contributed by atoms with E-state index in [0.29, 0.717) is 6.61 Å². The van der Waals surface area contributed by atoms with Gasteiger partial charge in [0, 0.05) is 12.2 Å². The van der Waals surface area contributed by atoms with Crippen LogP contribution in [0.4, 0.5) is 5.69 Å². The molecule has 2 nitrogen and oxygen atoms in total. The summed E-state index contributed by atoms with van der Waals surface area (Å²) in [6.45, 7) is 1.38. The van der Waals surface area contributed by atoms with E-state index in [2.05, 4.69) is 78.1 Å². The Hall–Kier alpha value is -3.52. The predicted octanol–water partition coefficient (Wildman–Crippen LogP) is 6.54. The summed E-state index contributed by atoms with van der Waals surface area (Å²) in [6.07, 6.45) is 0. The smallest absolute Gasteiger partial charge is 0.119 e. The average Bonchev–Trinajstić information content (AvgIpc) is 2.79. The summed E-state index contributed by atoms with van der Waals surface area (Å²) < 4.78 is 5.84. The Labute approximate surface area is 166 Å². The summed E-state index contributed by atoms with van der Waals surface area (Å²) >= 11 is 0. The molecule has 0 aliphatic carbocycles. The number of anilines is 1. The van der Waals surface area contributed by atoms with Crippen LogP contribution in [0.5, 0.6) is 5.75 Å². The second kappa shape index (κ2) is 8.92. The summed E-state index contributed by atoms with van der Waals surface area (Å²) in [7, 11) is 0. The molecule has 0 radical (unpaired) electrons. The summed E-state index contributed by atoms with van der Waals surface area (Å²) in [5, 5.41) is 3.47. The molecule has 0 aliphatic heterocycles. The van der Waals surface area contributed by atoms with Crippen molar-refractivity contribution < 1.29 is 4.74 Å². The van der Waals surface area contributed by atoms with Gasteiger partial charge >= 0.3 is 0 Å². The van der Waals surface area contributed by atoms with Crippen LogP contribution in [0.2, 0.25) is 0 Å². The Balaban J connectivity index is 1.30. The molecular weight excluding hydrogens is 342 g/mol. The van der Waals surface area contributed by atoms with Gasteiger partial charge in [0.05, 0.1) is 0 Å². The van der Waals surface area contributed by atoms with Crippen molar-refractivity contribution in [1.82, 2.24) is 0 Å². The van der Waals surface area contributed by atoms with Gasteiger partial charge in [-0.25, -0.2) is 0 Å². The predicted molar refractivity (Wildman–Crippen MR) is 116 cm³/mol. The first-order chi connectivity index (χ1) is 13.9. The lowest BCUT2D eigenvalue weighted by molar-refractivity contribution is 0.306. The van der Waals surface area contributed by atoms with Crippen molar-refractivity contribution in [2.45, 2.75) is 13.2 Å². The van der Waals surface area contributed by atoms with E-state index in [4.69, 9.17) is 4.74 Å². The van der Waals surface area contributed by atoms with Gasteiger partial charge < -0.3 is 10.1 Å². The van der Waals surface area contributed by atoms with Gasteiger partial charge in [0.1, 0.15) is 12.4 Å². The zero-order valence-corrected chi connectivity index (χ0v) is 15.7. The zero-order valence-electron chi connectivity index (χ0n) is 15.7. The molecule has 28 heavy (non-hydrogen) atoms. The SMILES string of the molecule is c1ccc(COc2ccc(NCc3ccc(-c4ccccc4)cc3)cc2)cc1. The fraction of sp³-hybridized carbons (Fsp3) is 0.0769. The largest absolute Gasteiger partial charge is 0.489 e. The number of benzene rings is 4. The number of hydrogen-bond acceptors (Lipinski definition) is 2. The van der Waals surface area contributed by atoms with Gasteiger partial charge in [0.2, 0.25) is 0 Å². The molecule has 0 unspecified atom stereocenters. The van der Waals surface area contributed by atoms with E-state index in [-0.39, 0.29) is 0 Å². The minimum atomic E-state index is 0.585. The molecule has 0 saturated carbocycles. The number of nitrogens with one attached hydrogen (secondary N) is 1. The molecule has 0 bridgehead atoms. The first-order valence-electron chi connectivity index (χ1n) is 9.52. The molecule has 0 fully saturated rings. The molecule has 138 valence electrons.